The fraction of sp³-hybridized carbons (Fsp3) is 0.467. The van der Waals surface area contributed by atoms with Crippen LogP contribution in [0.5, 0.6) is 0 Å². The van der Waals surface area contributed by atoms with Crippen molar-refractivity contribution >= 4 is 12.1 Å². The third kappa shape index (κ3) is 3.50. The zero-order valence-electron chi connectivity index (χ0n) is 12.0. The molecular formula is C15H19NO4. The van der Waals surface area contributed by atoms with E-state index >= 15 is 0 Å². The SMILES string of the molecule is CC(C)(C)OC(=O)N1Cc2ccc(CC(=O)O)cc2C1. The Morgan fingerprint density at radius 1 is 1.25 bits per heavy atom. The second-order valence-corrected chi connectivity index (χ2v) is 6.01. The maximum Gasteiger partial charge on any atom is 0.410 e. The van der Waals surface area contributed by atoms with E-state index in [9.17, 15) is 9.59 Å². The first-order valence-electron chi connectivity index (χ1n) is 6.55. The van der Waals surface area contributed by atoms with Gasteiger partial charge in [0.25, 0.3) is 0 Å². The van der Waals surface area contributed by atoms with Gasteiger partial charge in [0.15, 0.2) is 0 Å². The van der Waals surface area contributed by atoms with Gasteiger partial charge in [-0.1, -0.05) is 18.2 Å². The summed E-state index contributed by atoms with van der Waals surface area (Å²) < 4.78 is 5.34. The van der Waals surface area contributed by atoms with Crippen molar-refractivity contribution in [3.63, 3.8) is 0 Å². The topological polar surface area (TPSA) is 66.8 Å². The molecule has 1 N–H and O–H groups in total. The first-order chi connectivity index (χ1) is 9.24. The Bertz CT molecular complexity index is 545. The summed E-state index contributed by atoms with van der Waals surface area (Å²) >= 11 is 0. The van der Waals surface area contributed by atoms with Crippen LogP contribution < -0.4 is 0 Å². The summed E-state index contributed by atoms with van der Waals surface area (Å²) in [6, 6.07) is 5.54. The lowest BCUT2D eigenvalue weighted by atomic mass is 10.0. The van der Waals surface area contributed by atoms with Crippen LogP contribution in [0, 0.1) is 0 Å². The number of nitrogens with zero attached hydrogens (tertiary/aromatic N) is 1. The molecule has 0 aliphatic carbocycles. The molecule has 0 unspecified atom stereocenters. The molecule has 1 aliphatic heterocycles. The molecule has 0 atom stereocenters. The molecule has 0 saturated carbocycles. The highest BCUT2D eigenvalue weighted by molar-refractivity contribution is 5.71. The molecule has 2 rings (SSSR count). The van der Waals surface area contributed by atoms with Gasteiger partial charge in [-0.05, 0) is 37.5 Å². The number of amides is 1. The summed E-state index contributed by atoms with van der Waals surface area (Å²) in [6.07, 6.45) is -0.340. The van der Waals surface area contributed by atoms with Crippen molar-refractivity contribution in [1.82, 2.24) is 4.90 Å². The summed E-state index contributed by atoms with van der Waals surface area (Å²) in [4.78, 5) is 24.3. The number of benzene rings is 1. The molecule has 5 heteroatoms. The molecule has 1 amide bonds. The van der Waals surface area contributed by atoms with Crippen LogP contribution in [0.25, 0.3) is 0 Å². The number of carboxylic acid groups (broad SMARTS) is 1. The third-order valence-corrected chi connectivity index (χ3v) is 3.00. The van der Waals surface area contributed by atoms with Gasteiger partial charge in [-0.3, -0.25) is 9.69 Å². The smallest absolute Gasteiger partial charge is 0.410 e. The van der Waals surface area contributed by atoms with E-state index in [1.54, 1.807) is 11.0 Å². The van der Waals surface area contributed by atoms with Gasteiger partial charge >= 0.3 is 12.1 Å². The Morgan fingerprint density at radius 3 is 2.50 bits per heavy atom. The monoisotopic (exact) mass is 277 g/mol. The fourth-order valence-electron chi connectivity index (χ4n) is 2.19. The van der Waals surface area contributed by atoms with Gasteiger partial charge in [0, 0.05) is 13.1 Å². The van der Waals surface area contributed by atoms with Crippen molar-refractivity contribution in [2.75, 3.05) is 0 Å². The highest BCUT2D eigenvalue weighted by Gasteiger charge is 2.27. The van der Waals surface area contributed by atoms with Crippen LogP contribution in [0.15, 0.2) is 18.2 Å². The molecule has 0 bridgehead atoms. The lowest BCUT2D eigenvalue weighted by molar-refractivity contribution is -0.136. The molecule has 0 fully saturated rings. The second kappa shape index (κ2) is 5.15. The van der Waals surface area contributed by atoms with Crippen LogP contribution in [-0.2, 0) is 29.0 Å². The van der Waals surface area contributed by atoms with Gasteiger partial charge < -0.3 is 9.84 Å². The molecule has 0 radical (unpaired) electrons. The molecule has 0 saturated heterocycles. The molecule has 1 aromatic carbocycles. The zero-order valence-corrected chi connectivity index (χ0v) is 12.0. The molecule has 1 aromatic rings. The van der Waals surface area contributed by atoms with Crippen molar-refractivity contribution < 1.29 is 19.4 Å². The largest absolute Gasteiger partial charge is 0.481 e. The van der Waals surface area contributed by atoms with Crippen LogP contribution in [-0.4, -0.2) is 27.7 Å². The summed E-state index contributed by atoms with van der Waals surface area (Å²) in [5, 5.41) is 8.80. The third-order valence-electron chi connectivity index (χ3n) is 3.00. The van der Waals surface area contributed by atoms with Crippen LogP contribution in [0.4, 0.5) is 4.79 Å². The molecule has 5 nitrogen and oxygen atoms in total. The van der Waals surface area contributed by atoms with Gasteiger partial charge in [0.1, 0.15) is 5.60 Å². The number of carbonyl (C=O) groups excluding carboxylic acids is 1. The molecule has 0 spiro atoms. The van der Waals surface area contributed by atoms with E-state index < -0.39 is 11.6 Å². The van der Waals surface area contributed by atoms with Crippen molar-refractivity contribution in [2.24, 2.45) is 0 Å². The predicted molar refractivity (Wildman–Crippen MR) is 73.3 cm³/mol. The molecule has 1 heterocycles. The second-order valence-electron chi connectivity index (χ2n) is 6.01. The van der Waals surface area contributed by atoms with Gasteiger partial charge in [-0.25, -0.2) is 4.79 Å². The maximum atomic E-state index is 12.0. The Labute approximate surface area is 118 Å². The Balaban J connectivity index is 2.07. The molecular weight excluding hydrogens is 258 g/mol. The van der Waals surface area contributed by atoms with Crippen molar-refractivity contribution in [2.45, 2.75) is 45.9 Å². The number of aliphatic carboxylic acids is 1. The highest BCUT2D eigenvalue weighted by atomic mass is 16.6. The fourth-order valence-corrected chi connectivity index (χ4v) is 2.19. The minimum Gasteiger partial charge on any atom is -0.481 e. The number of fused-ring (bicyclic) bond motifs is 1. The molecule has 20 heavy (non-hydrogen) atoms. The number of rotatable bonds is 2. The predicted octanol–water partition coefficient (Wildman–Crippen LogP) is 2.56. The van der Waals surface area contributed by atoms with Crippen LogP contribution in [0.1, 0.15) is 37.5 Å². The standard InChI is InChI=1S/C15H19NO4/c1-15(2,3)20-14(19)16-8-11-5-4-10(7-13(17)18)6-12(11)9-16/h4-6H,7-9H2,1-3H3,(H,17,18). The van der Waals surface area contributed by atoms with Crippen LogP contribution in [0.3, 0.4) is 0 Å². The minimum atomic E-state index is -0.855. The van der Waals surface area contributed by atoms with E-state index in [2.05, 4.69) is 0 Å². The minimum absolute atomic E-state index is 0.000280. The van der Waals surface area contributed by atoms with Crippen LogP contribution >= 0.6 is 0 Å². The van der Waals surface area contributed by atoms with Crippen molar-refractivity contribution in [3.8, 4) is 0 Å². The van der Waals surface area contributed by atoms with Crippen molar-refractivity contribution in [3.05, 3.63) is 34.9 Å². The first kappa shape index (κ1) is 14.4. The average molecular weight is 277 g/mol. The van der Waals surface area contributed by atoms with E-state index in [4.69, 9.17) is 9.84 Å². The molecule has 1 aliphatic rings. The van der Waals surface area contributed by atoms with Gasteiger partial charge in [0.05, 0.1) is 6.42 Å². The average Bonchev–Trinajstić information content (AvgIpc) is 2.68. The number of carbonyl (C=O) groups is 2. The van der Waals surface area contributed by atoms with E-state index in [0.29, 0.717) is 13.1 Å². The van der Waals surface area contributed by atoms with E-state index in [0.717, 1.165) is 16.7 Å². The van der Waals surface area contributed by atoms with E-state index in [-0.39, 0.29) is 12.5 Å². The van der Waals surface area contributed by atoms with Crippen molar-refractivity contribution in [1.29, 1.82) is 0 Å². The Hall–Kier alpha value is -2.04. The van der Waals surface area contributed by atoms with Crippen LogP contribution in [0.2, 0.25) is 0 Å². The molecule has 108 valence electrons. The Morgan fingerprint density at radius 2 is 1.90 bits per heavy atom. The van der Waals surface area contributed by atoms with Gasteiger partial charge in [0.2, 0.25) is 0 Å². The number of ether oxygens (including phenoxy) is 1. The number of hydrogen-bond acceptors (Lipinski definition) is 3. The molecule has 0 aromatic heterocycles. The zero-order chi connectivity index (χ0) is 14.9. The first-order valence-corrected chi connectivity index (χ1v) is 6.55. The van der Waals surface area contributed by atoms with Gasteiger partial charge in [-0.15, -0.1) is 0 Å². The Kier molecular flexibility index (Phi) is 3.70. The summed E-state index contributed by atoms with van der Waals surface area (Å²) in [5.74, 6) is -0.855. The lowest BCUT2D eigenvalue weighted by Crippen LogP contribution is -2.33. The van der Waals surface area contributed by atoms with E-state index in [1.807, 2.05) is 32.9 Å². The van der Waals surface area contributed by atoms with Gasteiger partial charge in [-0.2, -0.15) is 0 Å². The van der Waals surface area contributed by atoms with E-state index in [1.165, 1.54) is 0 Å². The lowest BCUT2D eigenvalue weighted by Gasteiger charge is -2.24. The number of hydrogen-bond donors (Lipinski definition) is 1. The quantitative estimate of drug-likeness (QED) is 0.902. The highest BCUT2D eigenvalue weighted by Crippen LogP contribution is 2.25. The normalized spacial score (nSPS) is 14.1. The summed E-state index contributed by atoms with van der Waals surface area (Å²) in [7, 11) is 0. The maximum absolute atomic E-state index is 12.0. The summed E-state index contributed by atoms with van der Waals surface area (Å²) in [5.41, 5.74) is 2.28. The summed E-state index contributed by atoms with van der Waals surface area (Å²) in [6.45, 7) is 6.48. The number of carboxylic acids is 1.